The fourth-order valence-corrected chi connectivity index (χ4v) is 2.45. The Morgan fingerprint density at radius 1 is 1.44 bits per heavy atom. The van der Waals surface area contributed by atoms with E-state index in [9.17, 15) is 0 Å². The normalized spacial score (nSPS) is 28.7. The molecule has 0 aliphatic carbocycles. The van der Waals surface area contributed by atoms with Gasteiger partial charge in [-0.1, -0.05) is 19.9 Å². The van der Waals surface area contributed by atoms with Gasteiger partial charge in [0.2, 0.25) is 0 Å². The van der Waals surface area contributed by atoms with Crippen LogP contribution in [-0.4, -0.2) is 5.75 Å². The van der Waals surface area contributed by atoms with Crippen LogP contribution < -0.4 is 0 Å². The number of hydrogen-bond donors (Lipinski definition) is 1. The lowest BCUT2D eigenvalue weighted by Gasteiger charge is -2.02. The second kappa shape index (κ2) is 3.11. The van der Waals surface area contributed by atoms with Crippen LogP contribution >= 0.6 is 10.9 Å². The van der Waals surface area contributed by atoms with Gasteiger partial charge in [-0.25, -0.2) is 10.9 Å². The first kappa shape index (κ1) is 6.94. The highest BCUT2D eigenvalue weighted by atomic mass is 32.2. The molecule has 0 aromatic carbocycles. The van der Waals surface area contributed by atoms with Crippen molar-refractivity contribution in [2.24, 2.45) is 0 Å². The molecule has 0 bridgehead atoms. The van der Waals surface area contributed by atoms with E-state index in [0.29, 0.717) is 0 Å². The third kappa shape index (κ3) is 1.62. The van der Waals surface area contributed by atoms with E-state index >= 15 is 0 Å². The molecule has 0 saturated carbocycles. The monoisotopic (exact) mass is 142 g/mol. The molecule has 1 heterocycles. The molecular weight excluding hydrogens is 128 g/mol. The molecule has 1 heteroatoms. The summed E-state index contributed by atoms with van der Waals surface area (Å²) in [7, 11) is 0.169. The number of thiol groups is 1. The van der Waals surface area contributed by atoms with Crippen molar-refractivity contribution in [1.82, 2.24) is 0 Å². The van der Waals surface area contributed by atoms with E-state index in [0.717, 1.165) is 0 Å². The standard InChI is InChI=1S/C8H14S/c1-3-8-5-6-9(4-2)7-8/h5-7,9H,3-4H2,1-2H3. The molecule has 1 atom stereocenters. The Labute approximate surface area is 60.0 Å². The van der Waals surface area contributed by atoms with Crippen LogP contribution in [0.2, 0.25) is 0 Å². The van der Waals surface area contributed by atoms with Gasteiger partial charge in [0.25, 0.3) is 0 Å². The molecule has 1 aliphatic rings. The van der Waals surface area contributed by atoms with Crippen LogP contribution in [-0.2, 0) is 0 Å². The molecule has 52 valence electrons. The van der Waals surface area contributed by atoms with Gasteiger partial charge in [-0.05, 0) is 28.6 Å². The highest BCUT2D eigenvalue weighted by Crippen LogP contribution is 2.36. The van der Waals surface area contributed by atoms with Crippen LogP contribution in [0.5, 0.6) is 0 Å². The zero-order valence-corrected chi connectivity index (χ0v) is 6.99. The maximum atomic E-state index is 2.43. The molecule has 0 radical (unpaired) electrons. The zero-order valence-electron chi connectivity index (χ0n) is 6.09. The lowest BCUT2D eigenvalue weighted by molar-refractivity contribution is 1.16. The van der Waals surface area contributed by atoms with Crippen molar-refractivity contribution in [1.29, 1.82) is 0 Å². The number of hydrogen-bond acceptors (Lipinski definition) is 0. The third-order valence-electron chi connectivity index (χ3n) is 1.59. The Kier molecular flexibility index (Phi) is 2.40. The van der Waals surface area contributed by atoms with E-state index < -0.39 is 0 Å². The first-order valence-corrected chi connectivity index (χ1v) is 5.18. The average Bonchev–Trinajstić information content (AvgIpc) is 2.34. The summed E-state index contributed by atoms with van der Waals surface area (Å²) in [5.74, 6) is 1.31. The van der Waals surface area contributed by atoms with E-state index in [1.54, 1.807) is 0 Å². The number of rotatable bonds is 2. The Hall–Kier alpha value is -0.170. The topological polar surface area (TPSA) is 0 Å². The highest BCUT2D eigenvalue weighted by Gasteiger charge is 2.00. The summed E-state index contributed by atoms with van der Waals surface area (Å²) < 4.78 is 0. The van der Waals surface area contributed by atoms with Crippen LogP contribution in [0.3, 0.4) is 0 Å². The summed E-state index contributed by atoms with van der Waals surface area (Å²) in [6.45, 7) is 4.47. The van der Waals surface area contributed by atoms with Gasteiger partial charge in [-0.15, -0.1) is 0 Å². The third-order valence-corrected chi connectivity index (χ3v) is 3.51. The molecule has 0 aromatic rings. The Morgan fingerprint density at radius 3 is 2.56 bits per heavy atom. The summed E-state index contributed by atoms with van der Waals surface area (Å²) in [5, 5.41) is 4.78. The Bertz CT molecular complexity index is 145. The predicted octanol–water partition coefficient (Wildman–Crippen LogP) is 2.83. The maximum Gasteiger partial charge on any atom is -0.0213 e. The molecular formula is C8H14S. The lowest BCUT2D eigenvalue weighted by atomic mass is 10.2. The first-order valence-electron chi connectivity index (χ1n) is 3.51. The van der Waals surface area contributed by atoms with Gasteiger partial charge < -0.3 is 0 Å². The smallest absolute Gasteiger partial charge is 0.0213 e. The second-order valence-corrected chi connectivity index (χ2v) is 4.42. The summed E-state index contributed by atoms with van der Waals surface area (Å²) >= 11 is 0. The van der Waals surface area contributed by atoms with Crippen molar-refractivity contribution in [3.8, 4) is 0 Å². The SMILES string of the molecule is CCC1=C[SH](CC)C=C1. The van der Waals surface area contributed by atoms with Crippen LogP contribution in [0.4, 0.5) is 0 Å². The van der Waals surface area contributed by atoms with Crippen molar-refractivity contribution in [2.45, 2.75) is 20.3 Å². The van der Waals surface area contributed by atoms with Crippen LogP contribution in [0, 0.1) is 0 Å². The van der Waals surface area contributed by atoms with Gasteiger partial charge in [-0.3, -0.25) is 0 Å². The van der Waals surface area contributed by atoms with E-state index in [2.05, 4.69) is 30.7 Å². The van der Waals surface area contributed by atoms with Crippen LogP contribution in [0.25, 0.3) is 0 Å². The minimum absolute atomic E-state index is 0.169. The molecule has 1 unspecified atom stereocenters. The summed E-state index contributed by atoms with van der Waals surface area (Å²) in [6, 6.07) is 0. The summed E-state index contributed by atoms with van der Waals surface area (Å²) in [4.78, 5) is 0. The molecule has 9 heavy (non-hydrogen) atoms. The van der Waals surface area contributed by atoms with Gasteiger partial charge in [0.05, 0.1) is 0 Å². The quantitative estimate of drug-likeness (QED) is 0.563. The molecule has 0 N–H and O–H groups in total. The highest BCUT2D eigenvalue weighted by molar-refractivity contribution is 8.22. The van der Waals surface area contributed by atoms with Crippen molar-refractivity contribution < 1.29 is 0 Å². The molecule has 0 saturated heterocycles. The largest absolute Gasteiger partial charge is 0.213 e. The Morgan fingerprint density at radius 2 is 2.22 bits per heavy atom. The molecule has 0 nitrogen and oxygen atoms in total. The van der Waals surface area contributed by atoms with Gasteiger partial charge in [0.1, 0.15) is 0 Å². The van der Waals surface area contributed by atoms with Gasteiger partial charge >= 0.3 is 0 Å². The molecule has 1 aliphatic heterocycles. The maximum absolute atomic E-state index is 2.43. The lowest BCUT2D eigenvalue weighted by Crippen LogP contribution is -1.69. The molecule has 0 amide bonds. The second-order valence-electron chi connectivity index (χ2n) is 2.20. The molecule has 0 fully saturated rings. The first-order chi connectivity index (χ1) is 4.36. The van der Waals surface area contributed by atoms with Crippen LogP contribution in [0.1, 0.15) is 20.3 Å². The summed E-state index contributed by atoms with van der Waals surface area (Å²) in [6.07, 6.45) is 3.48. The fourth-order valence-electron chi connectivity index (χ4n) is 0.896. The average molecular weight is 142 g/mol. The fraction of sp³-hybridized carbons (Fsp3) is 0.500. The van der Waals surface area contributed by atoms with E-state index in [1.165, 1.54) is 17.7 Å². The number of allylic oxidation sites excluding steroid dienone is 2. The van der Waals surface area contributed by atoms with E-state index in [1.807, 2.05) is 0 Å². The Balaban J connectivity index is 2.52. The summed E-state index contributed by atoms with van der Waals surface area (Å²) in [5.41, 5.74) is 1.53. The van der Waals surface area contributed by atoms with Crippen molar-refractivity contribution >= 4 is 10.9 Å². The van der Waals surface area contributed by atoms with Crippen LogP contribution in [0.15, 0.2) is 22.5 Å². The molecule has 0 aromatic heterocycles. The van der Waals surface area contributed by atoms with E-state index in [4.69, 9.17) is 0 Å². The van der Waals surface area contributed by atoms with Gasteiger partial charge in [-0.2, -0.15) is 0 Å². The van der Waals surface area contributed by atoms with E-state index in [-0.39, 0.29) is 10.9 Å². The predicted molar refractivity (Wildman–Crippen MR) is 47.0 cm³/mol. The zero-order chi connectivity index (χ0) is 6.69. The minimum atomic E-state index is 0.169. The molecule has 0 spiro atoms. The van der Waals surface area contributed by atoms with Crippen molar-refractivity contribution in [3.63, 3.8) is 0 Å². The van der Waals surface area contributed by atoms with Crippen molar-refractivity contribution in [2.75, 3.05) is 5.75 Å². The van der Waals surface area contributed by atoms with Gasteiger partial charge in [0, 0.05) is 0 Å². The van der Waals surface area contributed by atoms with Crippen molar-refractivity contribution in [3.05, 3.63) is 22.5 Å². The minimum Gasteiger partial charge on any atom is -0.213 e. The van der Waals surface area contributed by atoms with Gasteiger partial charge in [0.15, 0.2) is 0 Å². The molecule has 1 rings (SSSR count).